The van der Waals surface area contributed by atoms with Gasteiger partial charge in [0.25, 0.3) is 0 Å². The second-order valence-corrected chi connectivity index (χ2v) is 5.43. The van der Waals surface area contributed by atoms with E-state index in [4.69, 9.17) is 16.3 Å². The van der Waals surface area contributed by atoms with Gasteiger partial charge in [-0.25, -0.2) is 0 Å². The molecule has 0 heterocycles. The Balaban J connectivity index is 2.10. The summed E-state index contributed by atoms with van der Waals surface area (Å²) in [5.74, 6) is -0.278. The molecule has 1 N–H and O–H groups in total. The first-order chi connectivity index (χ1) is 11.9. The largest absolute Gasteiger partial charge is 0.493 e. The van der Waals surface area contributed by atoms with Gasteiger partial charge in [-0.05, 0) is 48.4 Å². The Morgan fingerprint density at radius 2 is 2.00 bits per heavy atom. The number of ether oxygens (including phenoxy) is 2. The first-order valence-electron chi connectivity index (χ1n) is 7.27. The lowest BCUT2D eigenvalue weighted by molar-refractivity contribution is -0.111. The second-order valence-electron chi connectivity index (χ2n) is 5.02. The molecule has 0 aliphatic rings. The molecule has 2 aromatic rings. The summed E-state index contributed by atoms with van der Waals surface area (Å²) in [6.45, 7) is -1.14. The fraction of sp³-hybridized carbons (Fsp3) is 0.167. The van der Waals surface area contributed by atoms with Crippen molar-refractivity contribution in [2.24, 2.45) is 0 Å². The molecule has 7 heteroatoms. The number of carbonyl (C=O) groups excluding carboxylic acids is 1. The lowest BCUT2D eigenvalue weighted by atomic mass is 10.1. The number of rotatable bonds is 6. The van der Waals surface area contributed by atoms with E-state index in [1.54, 1.807) is 25.1 Å². The maximum atomic E-state index is 12.3. The van der Waals surface area contributed by atoms with Gasteiger partial charge in [0.2, 0.25) is 5.91 Å². The SMILES string of the molecule is COc1cc(/C=C/C(=O)Nc2cccc(Cl)c2C)ccc1OC(F)F. The van der Waals surface area contributed by atoms with E-state index in [-0.39, 0.29) is 17.4 Å². The normalized spacial score (nSPS) is 11.0. The minimum atomic E-state index is -2.94. The number of nitrogens with one attached hydrogen (secondary N) is 1. The summed E-state index contributed by atoms with van der Waals surface area (Å²) in [6.07, 6.45) is 2.85. The molecule has 0 unspecified atom stereocenters. The van der Waals surface area contributed by atoms with Gasteiger partial charge in [0, 0.05) is 16.8 Å². The van der Waals surface area contributed by atoms with Crippen LogP contribution in [0.1, 0.15) is 11.1 Å². The van der Waals surface area contributed by atoms with E-state index in [2.05, 4.69) is 10.1 Å². The van der Waals surface area contributed by atoms with Crippen LogP contribution in [0.25, 0.3) is 6.08 Å². The zero-order chi connectivity index (χ0) is 18.4. The summed E-state index contributed by atoms with van der Waals surface area (Å²) >= 11 is 6.01. The highest BCUT2D eigenvalue weighted by molar-refractivity contribution is 6.31. The van der Waals surface area contributed by atoms with Gasteiger partial charge in [-0.15, -0.1) is 0 Å². The summed E-state index contributed by atoms with van der Waals surface area (Å²) in [4.78, 5) is 12.0. The standard InChI is InChI=1S/C18H16ClF2NO3/c1-11-13(19)4-3-5-14(11)22-17(23)9-7-12-6-8-15(25-18(20)21)16(10-12)24-2/h3-10,18H,1-2H3,(H,22,23)/b9-7+. The number of halogens is 3. The summed E-state index contributed by atoms with van der Waals surface area (Å²) in [6, 6.07) is 9.59. The van der Waals surface area contributed by atoms with Crippen molar-refractivity contribution in [3.63, 3.8) is 0 Å². The minimum Gasteiger partial charge on any atom is -0.493 e. The van der Waals surface area contributed by atoms with Crippen molar-refractivity contribution in [1.82, 2.24) is 0 Å². The number of hydrogen-bond acceptors (Lipinski definition) is 3. The van der Waals surface area contributed by atoms with E-state index in [0.29, 0.717) is 16.3 Å². The first-order valence-corrected chi connectivity index (χ1v) is 7.65. The third-order valence-corrected chi connectivity index (χ3v) is 3.77. The van der Waals surface area contributed by atoms with Crippen molar-refractivity contribution >= 4 is 29.3 Å². The van der Waals surface area contributed by atoms with Gasteiger partial charge < -0.3 is 14.8 Å². The zero-order valence-electron chi connectivity index (χ0n) is 13.6. The maximum Gasteiger partial charge on any atom is 0.387 e. The average Bonchev–Trinajstić information content (AvgIpc) is 2.57. The van der Waals surface area contributed by atoms with Crippen LogP contribution in [-0.4, -0.2) is 19.6 Å². The second kappa shape index (κ2) is 8.48. The lowest BCUT2D eigenvalue weighted by Gasteiger charge is -2.10. The molecule has 4 nitrogen and oxygen atoms in total. The Morgan fingerprint density at radius 3 is 2.68 bits per heavy atom. The molecule has 2 rings (SSSR count). The van der Waals surface area contributed by atoms with Crippen LogP contribution in [-0.2, 0) is 4.79 Å². The van der Waals surface area contributed by atoms with Gasteiger partial charge in [-0.2, -0.15) is 8.78 Å². The topological polar surface area (TPSA) is 47.6 Å². The summed E-state index contributed by atoms with van der Waals surface area (Å²) in [5, 5.41) is 3.28. The van der Waals surface area contributed by atoms with Crippen molar-refractivity contribution in [1.29, 1.82) is 0 Å². The number of benzene rings is 2. The average molecular weight is 368 g/mol. The quantitative estimate of drug-likeness (QED) is 0.738. The first kappa shape index (κ1) is 18.7. The molecule has 0 saturated carbocycles. The van der Waals surface area contributed by atoms with Crippen molar-refractivity contribution in [3.8, 4) is 11.5 Å². The van der Waals surface area contributed by atoms with E-state index >= 15 is 0 Å². The van der Waals surface area contributed by atoms with Gasteiger partial charge in [0.05, 0.1) is 7.11 Å². The molecule has 1 amide bonds. The third-order valence-electron chi connectivity index (χ3n) is 3.36. The fourth-order valence-corrected chi connectivity index (χ4v) is 2.24. The van der Waals surface area contributed by atoms with Crippen LogP contribution in [0, 0.1) is 6.92 Å². The molecule has 0 aliphatic heterocycles. The fourth-order valence-electron chi connectivity index (χ4n) is 2.07. The maximum absolute atomic E-state index is 12.3. The summed E-state index contributed by atoms with van der Waals surface area (Å²) in [7, 11) is 1.34. The van der Waals surface area contributed by atoms with Crippen molar-refractivity contribution in [2.45, 2.75) is 13.5 Å². The van der Waals surface area contributed by atoms with Gasteiger partial charge >= 0.3 is 6.61 Å². The molecule has 0 aliphatic carbocycles. The van der Waals surface area contributed by atoms with Crippen LogP contribution in [0.4, 0.5) is 14.5 Å². The van der Waals surface area contributed by atoms with Gasteiger partial charge in [-0.3, -0.25) is 4.79 Å². The molecular formula is C18H16ClF2NO3. The number of carbonyl (C=O) groups is 1. The number of methoxy groups -OCH3 is 1. The van der Waals surface area contributed by atoms with Crippen LogP contribution < -0.4 is 14.8 Å². The van der Waals surface area contributed by atoms with Crippen molar-refractivity contribution < 1.29 is 23.0 Å². The highest BCUT2D eigenvalue weighted by atomic mass is 35.5. The van der Waals surface area contributed by atoms with Crippen molar-refractivity contribution in [3.05, 3.63) is 58.6 Å². The van der Waals surface area contributed by atoms with Crippen LogP contribution in [0.5, 0.6) is 11.5 Å². The molecule has 0 bridgehead atoms. The molecule has 25 heavy (non-hydrogen) atoms. The third kappa shape index (κ3) is 5.19. The van der Waals surface area contributed by atoms with E-state index < -0.39 is 6.61 Å². The predicted octanol–water partition coefficient (Wildman–Crippen LogP) is 4.91. The summed E-state index contributed by atoms with van der Waals surface area (Å²) in [5.41, 5.74) is 1.97. The van der Waals surface area contributed by atoms with E-state index in [0.717, 1.165) is 5.56 Å². The highest BCUT2D eigenvalue weighted by Gasteiger charge is 2.10. The van der Waals surface area contributed by atoms with Gasteiger partial charge in [0.1, 0.15) is 0 Å². The molecule has 2 aromatic carbocycles. The summed E-state index contributed by atoms with van der Waals surface area (Å²) < 4.78 is 34.0. The van der Waals surface area contributed by atoms with Gasteiger partial charge in [0.15, 0.2) is 11.5 Å². The van der Waals surface area contributed by atoms with E-state index in [1.807, 2.05) is 0 Å². The monoisotopic (exact) mass is 367 g/mol. The van der Waals surface area contributed by atoms with Gasteiger partial charge in [-0.1, -0.05) is 23.7 Å². The molecule has 0 spiro atoms. The molecule has 0 atom stereocenters. The number of alkyl halides is 2. The molecule has 0 fully saturated rings. The van der Waals surface area contributed by atoms with Crippen LogP contribution in [0.3, 0.4) is 0 Å². The Labute approximate surface area is 149 Å². The molecular weight excluding hydrogens is 352 g/mol. The van der Waals surface area contributed by atoms with Crippen LogP contribution in [0.2, 0.25) is 5.02 Å². The Morgan fingerprint density at radius 1 is 1.24 bits per heavy atom. The van der Waals surface area contributed by atoms with E-state index in [9.17, 15) is 13.6 Å². The molecule has 0 saturated heterocycles. The Hall–Kier alpha value is -2.60. The molecule has 0 radical (unpaired) electrons. The number of amides is 1. The van der Waals surface area contributed by atoms with E-state index in [1.165, 1.54) is 37.5 Å². The number of anilines is 1. The molecule has 0 aromatic heterocycles. The lowest BCUT2D eigenvalue weighted by Crippen LogP contribution is -2.09. The smallest absolute Gasteiger partial charge is 0.387 e. The zero-order valence-corrected chi connectivity index (χ0v) is 14.3. The Kier molecular flexibility index (Phi) is 6.36. The Bertz CT molecular complexity index is 794. The minimum absolute atomic E-state index is 0.0753. The number of hydrogen-bond donors (Lipinski definition) is 1. The van der Waals surface area contributed by atoms with Crippen molar-refractivity contribution in [2.75, 3.05) is 12.4 Å². The highest BCUT2D eigenvalue weighted by Crippen LogP contribution is 2.30. The van der Waals surface area contributed by atoms with Crippen LogP contribution in [0.15, 0.2) is 42.5 Å². The van der Waals surface area contributed by atoms with Crippen LogP contribution >= 0.6 is 11.6 Å². The predicted molar refractivity (Wildman–Crippen MR) is 93.5 cm³/mol. The molecule has 132 valence electrons.